The number of aliphatic hydroxyl groups excluding tert-OH is 1. The van der Waals surface area contributed by atoms with Crippen LogP contribution in [0.3, 0.4) is 0 Å². The number of likely N-dealkylation sites (tertiary alicyclic amines) is 1. The molecule has 1 heterocycles. The molecule has 2 fully saturated rings. The van der Waals surface area contributed by atoms with Gasteiger partial charge in [-0.05, 0) is 38.0 Å². The van der Waals surface area contributed by atoms with Crippen LogP contribution < -0.4 is 11.1 Å². The number of aliphatic hydroxyl groups is 1. The average Bonchev–Trinajstić information content (AvgIpc) is 2.89. The van der Waals surface area contributed by atoms with Gasteiger partial charge in [0.1, 0.15) is 0 Å². The van der Waals surface area contributed by atoms with Crippen molar-refractivity contribution in [1.29, 1.82) is 0 Å². The van der Waals surface area contributed by atoms with Crippen LogP contribution in [0.25, 0.3) is 0 Å². The van der Waals surface area contributed by atoms with Crippen LogP contribution in [0.4, 0.5) is 0 Å². The molecule has 112 valence electrons. The van der Waals surface area contributed by atoms with E-state index in [0.717, 1.165) is 44.4 Å². The van der Waals surface area contributed by atoms with Crippen LogP contribution in [-0.4, -0.2) is 54.9 Å². The maximum Gasteiger partial charge on any atom is 0.0431 e. The predicted molar refractivity (Wildman–Crippen MR) is 79.1 cm³/mol. The van der Waals surface area contributed by atoms with Crippen molar-refractivity contribution < 1.29 is 5.11 Å². The van der Waals surface area contributed by atoms with E-state index in [0.29, 0.717) is 12.6 Å². The molecule has 0 bridgehead atoms. The fraction of sp³-hybridized carbons (Fsp3) is 1.00. The van der Waals surface area contributed by atoms with Crippen molar-refractivity contribution in [2.45, 2.75) is 57.0 Å². The number of piperidine rings is 1. The maximum atomic E-state index is 9.01. The summed E-state index contributed by atoms with van der Waals surface area (Å²) in [5, 5.41) is 12.9. The van der Waals surface area contributed by atoms with E-state index in [1.54, 1.807) is 0 Å². The number of nitrogens with two attached hydrogens (primary N) is 1. The van der Waals surface area contributed by atoms with E-state index >= 15 is 0 Å². The third-order valence-electron chi connectivity index (χ3n) is 4.66. The molecular formula is C15H31N3O. The Morgan fingerprint density at radius 3 is 2.63 bits per heavy atom. The Hall–Kier alpha value is -0.160. The topological polar surface area (TPSA) is 61.5 Å². The smallest absolute Gasteiger partial charge is 0.0431 e. The van der Waals surface area contributed by atoms with E-state index in [-0.39, 0.29) is 0 Å². The second-order valence-electron chi connectivity index (χ2n) is 6.36. The minimum Gasteiger partial charge on any atom is -0.396 e. The highest BCUT2D eigenvalue weighted by Gasteiger charge is 2.28. The van der Waals surface area contributed by atoms with Crippen molar-refractivity contribution >= 4 is 0 Å². The Labute approximate surface area is 117 Å². The van der Waals surface area contributed by atoms with Gasteiger partial charge in [0, 0.05) is 44.9 Å². The Morgan fingerprint density at radius 1 is 1.16 bits per heavy atom. The van der Waals surface area contributed by atoms with Gasteiger partial charge in [-0.2, -0.15) is 0 Å². The molecular weight excluding hydrogens is 238 g/mol. The summed E-state index contributed by atoms with van der Waals surface area (Å²) >= 11 is 0. The molecule has 4 N–H and O–H groups in total. The van der Waals surface area contributed by atoms with Crippen molar-refractivity contribution in [3.63, 3.8) is 0 Å². The summed E-state index contributed by atoms with van der Waals surface area (Å²) in [6.45, 7) is 4.42. The first kappa shape index (κ1) is 15.2. The molecule has 1 saturated heterocycles. The zero-order chi connectivity index (χ0) is 13.5. The van der Waals surface area contributed by atoms with Gasteiger partial charge in [0.05, 0.1) is 0 Å². The van der Waals surface area contributed by atoms with E-state index in [9.17, 15) is 0 Å². The van der Waals surface area contributed by atoms with Crippen LogP contribution in [0.2, 0.25) is 0 Å². The molecule has 0 aromatic heterocycles. The van der Waals surface area contributed by atoms with E-state index < -0.39 is 0 Å². The average molecular weight is 269 g/mol. The third kappa shape index (κ3) is 5.03. The summed E-state index contributed by atoms with van der Waals surface area (Å²) in [6.07, 6.45) is 8.87. The van der Waals surface area contributed by atoms with Gasteiger partial charge in [-0.25, -0.2) is 0 Å². The number of nitrogens with one attached hydrogen (secondary N) is 1. The van der Waals surface area contributed by atoms with E-state index in [4.69, 9.17) is 10.8 Å². The largest absolute Gasteiger partial charge is 0.396 e. The Morgan fingerprint density at radius 2 is 1.95 bits per heavy atom. The van der Waals surface area contributed by atoms with E-state index in [2.05, 4.69) is 10.2 Å². The lowest BCUT2D eigenvalue weighted by atomic mass is 9.90. The number of nitrogens with zero attached hydrogens (tertiary/aromatic N) is 1. The summed E-state index contributed by atoms with van der Waals surface area (Å²) in [5.74, 6) is 0.728. The van der Waals surface area contributed by atoms with Crippen LogP contribution in [0.1, 0.15) is 44.9 Å². The first-order valence-corrected chi connectivity index (χ1v) is 8.11. The highest BCUT2D eigenvalue weighted by atomic mass is 16.2. The summed E-state index contributed by atoms with van der Waals surface area (Å²) in [6, 6.07) is 1.38. The minimum atomic E-state index is 0.327. The molecule has 0 aromatic rings. The lowest BCUT2D eigenvalue weighted by molar-refractivity contribution is 0.127. The number of hydrogen-bond acceptors (Lipinski definition) is 4. The number of rotatable bonds is 7. The van der Waals surface area contributed by atoms with E-state index in [1.807, 2.05) is 0 Å². The van der Waals surface area contributed by atoms with Gasteiger partial charge in [-0.3, -0.25) is 0 Å². The summed E-state index contributed by atoms with van der Waals surface area (Å²) < 4.78 is 0. The van der Waals surface area contributed by atoms with Crippen LogP contribution in [-0.2, 0) is 0 Å². The fourth-order valence-electron chi connectivity index (χ4n) is 3.80. The lowest BCUT2D eigenvalue weighted by Crippen LogP contribution is -2.52. The fourth-order valence-corrected chi connectivity index (χ4v) is 3.80. The molecule has 0 aromatic carbocycles. The molecule has 2 atom stereocenters. The molecule has 1 saturated carbocycles. The zero-order valence-electron chi connectivity index (χ0n) is 12.2. The Kier molecular flexibility index (Phi) is 6.57. The van der Waals surface area contributed by atoms with Gasteiger partial charge in [0.2, 0.25) is 0 Å². The standard InChI is InChI=1S/C15H31N3O/c16-7-8-18-11-13(4-3-9-19)10-15(12-18)17-14-5-1-2-6-14/h13-15,17,19H,1-12,16H2. The van der Waals surface area contributed by atoms with Gasteiger partial charge in [0.15, 0.2) is 0 Å². The predicted octanol–water partition coefficient (Wildman–Crippen LogP) is 0.940. The second-order valence-corrected chi connectivity index (χ2v) is 6.36. The van der Waals surface area contributed by atoms with Crippen molar-refractivity contribution in [2.75, 3.05) is 32.8 Å². The van der Waals surface area contributed by atoms with Crippen molar-refractivity contribution in [3.8, 4) is 0 Å². The minimum absolute atomic E-state index is 0.327. The normalized spacial score (nSPS) is 30.0. The van der Waals surface area contributed by atoms with Crippen molar-refractivity contribution in [1.82, 2.24) is 10.2 Å². The Bertz CT molecular complexity index is 244. The molecule has 1 aliphatic carbocycles. The Balaban J connectivity index is 1.81. The molecule has 0 radical (unpaired) electrons. The highest BCUT2D eigenvalue weighted by Crippen LogP contribution is 2.24. The molecule has 0 amide bonds. The first-order chi connectivity index (χ1) is 9.31. The zero-order valence-corrected chi connectivity index (χ0v) is 12.2. The molecule has 2 aliphatic rings. The monoisotopic (exact) mass is 269 g/mol. The van der Waals surface area contributed by atoms with Gasteiger partial charge in [-0.15, -0.1) is 0 Å². The molecule has 2 unspecified atom stereocenters. The molecule has 2 rings (SSSR count). The van der Waals surface area contributed by atoms with Gasteiger partial charge in [0.25, 0.3) is 0 Å². The lowest BCUT2D eigenvalue weighted by Gasteiger charge is -2.39. The molecule has 4 nitrogen and oxygen atoms in total. The molecule has 1 aliphatic heterocycles. The van der Waals surface area contributed by atoms with Crippen LogP contribution in [0.5, 0.6) is 0 Å². The summed E-state index contributed by atoms with van der Waals surface area (Å²) in [7, 11) is 0. The van der Waals surface area contributed by atoms with Crippen LogP contribution in [0.15, 0.2) is 0 Å². The molecule has 4 heteroatoms. The second kappa shape index (κ2) is 8.20. The third-order valence-corrected chi connectivity index (χ3v) is 4.66. The van der Waals surface area contributed by atoms with Crippen LogP contribution in [0, 0.1) is 5.92 Å². The maximum absolute atomic E-state index is 9.01. The van der Waals surface area contributed by atoms with Gasteiger partial charge >= 0.3 is 0 Å². The summed E-state index contributed by atoms with van der Waals surface area (Å²) in [4.78, 5) is 2.51. The SMILES string of the molecule is NCCN1CC(CCCO)CC(NC2CCCC2)C1. The number of hydrogen-bond donors (Lipinski definition) is 3. The molecule has 0 spiro atoms. The molecule has 19 heavy (non-hydrogen) atoms. The first-order valence-electron chi connectivity index (χ1n) is 8.11. The van der Waals surface area contributed by atoms with Gasteiger partial charge in [-0.1, -0.05) is 12.8 Å². The van der Waals surface area contributed by atoms with Gasteiger partial charge < -0.3 is 21.1 Å². The van der Waals surface area contributed by atoms with Crippen molar-refractivity contribution in [3.05, 3.63) is 0 Å². The quantitative estimate of drug-likeness (QED) is 0.644. The summed E-state index contributed by atoms with van der Waals surface area (Å²) in [5.41, 5.74) is 5.71. The highest BCUT2D eigenvalue weighted by molar-refractivity contribution is 4.87. The van der Waals surface area contributed by atoms with Crippen LogP contribution >= 0.6 is 0 Å². The van der Waals surface area contributed by atoms with Crippen molar-refractivity contribution in [2.24, 2.45) is 11.7 Å². The van der Waals surface area contributed by atoms with E-state index in [1.165, 1.54) is 38.6 Å².